The summed E-state index contributed by atoms with van der Waals surface area (Å²) in [6.45, 7) is 1.24. The Kier molecular flexibility index (Phi) is 20.9. The van der Waals surface area contributed by atoms with Crippen molar-refractivity contribution >= 4 is 13.8 Å². The molecule has 188 valence electrons. The molecule has 7 nitrogen and oxygen atoms in total. The molecule has 0 amide bonds. The minimum atomic E-state index is -4.64. The van der Waals surface area contributed by atoms with Crippen molar-refractivity contribution in [2.75, 3.05) is 13.2 Å². The van der Waals surface area contributed by atoms with E-state index in [0.29, 0.717) is 6.42 Å². The number of aliphatic hydroxyl groups is 1. The first-order chi connectivity index (χ1) is 15.8. The van der Waals surface area contributed by atoms with Gasteiger partial charge in [0.15, 0.2) is 0 Å². The van der Waals surface area contributed by atoms with E-state index in [1.807, 2.05) is 12.2 Å². The molecular formula is C25H41O7P. The zero-order valence-electron chi connectivity index (χ0n) is 19.8. The Bertz CT molecular complexity index is 674. The molecule has 0 fully saturated rings. The number of aliphatic hydroxyl groups excluding tert-OH is 1. The standard InChI is InChI=1S/C25H41O7P/c1-2-3-4-5-6-7-8-9-10-11-12-13-14-15-16-17-18-19-20-21-25(27)31-22-24(26)23-32-33(28,29)30/h6-7,9-10,12-13,15-16,18-19,24,26H,2-5,8,11,14,17,20-23H2,1H3,(H2,28,29,30). The fourth-order valence-corrected chi connectivity index (χ4v) is 2.89. The number of carbonyl (C=O) groups is 1. The third-order valence-corrected chi connectivity index (χ3v) is 4.77. The summed E-state index contributed by atoms with van der Waals surface area (Å²) in [6.07, 6.45) is 29.2. The number of carbonyl (C=O) groups excluding carboxylic acids is 1. The van der Waals surface area contributed by atoms with E-state index in [4.69, 9.17) is 14.5 Å². The van der Waals surface area contributed by atoms with Crippen LogP contribution in [0.2, 0.25) is 0 Å². The molecule has 0 bridgehead atoms. The largest absolute Gasteiger partial charge is 0.469 e. The van der Waals surface area contributed by atoms with Gasteiger partial charge in [-0.25, -0.2) is 4.57 Å². The van der Waals surface area contributed by atoms with Crippen molar-refractivity contribution < 1.29 is 33.5 Å². The predicted molar refractivity (Wildman–Crippen MR) is 133 cm³/mol. The van der Waals surface area contributed by atoms with Crippen LogP contribution in [-0.4, -0.2) is 40.2 Å². The van der Waals surface area contributed by atoms with E-state index >= 15 is 0 Å². The van der Waals surface area contributed by atoms with E-state index in [0.717, 1.165) is 25.7 Å². The van der Waals surface area contributed by atoms with Crippen LogP contribution in [0.1, 0.15) is 71.1 Å². The Hall–Kier alpha value is -1.76. The average molecular weight is 485 g/mol. The molecule has 0 aromatic carbocycles. The summed E-state index contributed by atoms with van der Waals surface area (Å²) >= 11 is 0. The van der Waals surface area contributed by atoms with Gasteiger partial charge in [-0.05, 0) is 44.9 Å². The van der Waals surface area contributed by atoms with Gasteiger partial charge in [0, 0.05) is 6.42 Å². The molecular weight excluding hydrogens is 443 g/mol. The summed E-state index contributed by atoms with van der Waals surface area (Å²) in [5.41, 5.74) is 0. The smallest absolute Gasteiger partial charge is 0.463 e. The van der Waals surface area contributed by atoms with E-state index in [1.54, 1.807) is 0 Å². The summed E-state index contributed by atoms with van der Waals surface area (Å²) in [5.74, 6) is -0.493. The molecule has 0 aliphatic carbocycles. The SMILES string of the molecule is CCCCCC=CCC=CCC=CCC=CCC=CCCC(=O)OCC(O)COP(=O)(O)O. The van der Waals surface area contributed by atoms with Crippen molar-refractivity contribution in [1.82, 2.24) is 0 Å². The van der Waals surface area contributed by atoms with Crippen LogP contribution in [0.4, 0.5) is 0 Å². The van der Waals surface area contributed by atoms with E-state index in [9.17, 15) is 14.5 Å². The summed E-state index contributed by atoms with van der Waals surface area (Å²) in [7, 11) is -4.64. The molecule has 0 aromatic rings. The Labute approximate surface area is 198 Å². The van der Waals surface area contributed by atoms with Crippen LogP contribution in [0.25, 0.3) is 0 Å². The molecule has 33 heavy (non-hydrogen) atoms. The summed E-state index contributed by atoms with van der Waals surface area (Å²) in [5, 5.41) is 9.42. The minimum Gasteiger partial charge on any atom is -0.463 e. The van der Waals surface area contributed by atoms with Crippen molar-refractivity contribution in [3.8, 4) is 0 Å². The molecule has 0 rings (SSSR count). The van der Waals surface area contributed by atoms with Gasteiger partial charge in [-0.1, -0.05) is 80.5 Å². The normalized spacial score (nSPS) is 13.9. The van der Waals surface area contributed by atoms with Gasteiger partial charge in [0.25, 0.3) is 0 Å². The maximum Gasteiger partial charge on any atom is 0.469 e. The Morgan fingerprint density at radius 2 is 1.27 bits per heavy atom. The molecule has 3 N–H and O–H groups in total. The zero-order chi connectivity index (χ0) is 24.6. The van der Waals surface area contributed by atoms with E-state index in [-0.39, 0.29) is 13.0 Å². The highest BCUT2D eigenvalue weighted by Gasteiger charge is 2.17. The van der Waals surface area contributed by atoms with E-state index < -0.39 is 26.5 Å². The highest BCUT2D eigenvalue weighted by molar-refractivity contribution is 7.46. The lowest BCUT2D eigenvalue weighted by Crippen LogP contribution is -2.23. The third kappa shape index (κ3) is 26.4. The van der Waals surface area contributed by atoms with Gasteiger partial charge in [0.05, 0.1) is 6.61 Å². The van der Waals surface area contributed by atoms with Crippen molar-refractivity contribution in [2.45, 2.75) is 77.2 Å². The molecule has 0 saturated carbocycles. The minimum absolute atomic E-state index is 0.164. The first-order valence-corrected chi connectivity index (χ1v) is 13.2. The van der Waals surface area contributed by atoms with Crippen molar-refractivity contribution in [2.24, 2.45) is 0 Å². The fraction of sp³-hybridized carbons (Fsp3) is 0.560. The van der Waals surface area contributed by atoms with Crippen molar-refractivity contribution in [3.05, 3.63) is 60.8 Å². The number of phosphoric acid groups is 1. The van der Waals surface area contributed by atoms with Gasteiger partial charge in [0.1, 0.15) is 12.7 Å². The molecule has 0 saturated heterocycles. The van der Waals surface area contributed by atoms with E-state index in [2.05, 4.69) is 60.1 Å². The maximum atomic E-state index is 11.5. The monoisotopic (exact) mass is 484 g/mol. The number of rotatable bonds is 20. The van der Waals surface area contributed by atoms with Crippen molar-refractivity contribution in [1.29, 1.82) is 0 Å². The highest BCUT2D eigenvalue weighted by atomic mass is 31.2. The molecule has 0 radical (unpaired) electrons. The van der Waals surface area contributed by atoms with Gasteiger partial charge in [-0.2, -0.15) is 0 Å². The number of allylic oxidation sites excluding steroid dienone is 10. The van der Waals surface area contributed by atoms with Crippen molar-refractivity contribution in [3.63, 3.8) is 0 Å². The first-order valence-electron chi connectivity index (χ1n) is 11.6. The van der Waals surface area contributed by atoms with Crippen LogP contribution in [0.15, 0.2) is 60.8 Å². The van der Waals surface area contributed by atoms with Gasteiger partial charge in [-0.15, -0.1) is 0 Å². The lowest BCUT2D eigenvalue weighted by Gasteiger charge is -2.11. The van der Waals surface area contributed by atoms with Gasteiger partial charge in [0.2, 0.25) is 0 Å². The number of unbranched alkanes of at least 4 members (excludes halogenated alkanes) is 3. The van der Waals surface area contributed by atoms with Crippen LogP contribution in [0.5, 0.6) is 0 Å². The summed E-state index contributed by atoms with van der Waals surface area (Å²) < 4.78 is 19.5. The zero-order valence-corrected chi connectivity index (χ0v) is 20.7. The van der Waals surface area contributed by atoms with Gasteiger partial charge >= 0.3 is 13.8 Å². The molecule has 1 atom stereocenters. The molecule has 1 unspecified atom stereocenters. The highest BCUT2D eigenvalue weighted by Crippen LogP contribution is 2.35. The second kappa shape index (κ2) is 22.1. The lowest BCUT2D eigenvalue weighted by atomic mass is 10.2. The molecule has 8 heteroatoms. The summed E-state index contributed by atoms with van der Waals surface area (Å²) in [6, 6.07) is 0. The third-order valence-electron chi connectivity index (χ3n) is 4.28. The molecule has 0 spiro atoms. The average Bonchev–Trinajstić information content (AvgIpc) is 2.77. The second-order valence-electron chi connectivity index (χ2n) is 7.46. The number of ether oxygens (including phenoxy) is 1. The van der Waals surface area contributed by atoms with Gasteiger partial charge in [-0.3, -0.25) is 9.32 Å². The van der Waals surface area contributed by atoms with E-state index in [1.165, 1.54) is 25.7 Å². The Morgan fingerprint density at radius 3 is 1.76 bits per heavy atom. The van der Waals surface area contributed by atoms with Gasteiger partial charge < -0.3 is 19.6 Å². The Morgan fingerprint density at radius 1 is 0.788 bits per heavy atom. The van der Waals surface area contributed by atoms with Crippen LogP contribution < -0.4 is 0 Å². The maximum absolute atomic E-state index is 11.5. The topological polar surface area (TPSA) is 113 Å². The molecule has 0 heterocycles. The van der Waals surface area contributed by atoms with Crippen LogP contribution in [0, 0.1) is 0 Å². The fourth-order valence-electron chi connectivity index (χ4n) is 2.53. The van der Waals surface area contributed by atoms with Crippen LogP contribution >= 0.6 is 7.82 Å². The number of phosphoric ester groups is 1. The predicted octanol–water partition coefficient (Wildman–Crippen LogP) is 5.70. The number of esters is 1. The molecule has 0 aromatic heterocycles. The first kappa shape index (κ1) is 31.2. The Balaban J connectivity index is 3.64. The number of hydrogen-bond acceptors (Lipinski definition) is 5. The second-order valence-corrected chi connectivity index (χ2v) is 8.70. The summed E-state index contributed by atoms with van der Waals surface area (Å²) in [4.78, 5) is 28.6. The molecule has 0 aliphatic heterocycles. The van der Waals surface area contributed by atoms with Crippen LogP contribution in [-0.2, 0) is 18.6 Å². The quantitative estimate of drug-likeness (QED) is 0.0879. The van der Waals surface area contributed by atoms with Crippen LogP contribution in [0.3, 0.4) is 0 Å². The lowest BCUT2D eigenvalue weighted by molar-refractivity contribution is -0.147. The molecule has 0 aliphatic rings. The number of hydrogen-bond donors (Lipinski definition) is 3.